The summed E-state index contributed by atoms with van der Waals surface area (Å²) in [6.07, 6.45) is 0. The topological polar surface area (TPSA) is 49.3 Å². The van der Waals surface area contributed by atoms with Crippen LogP contribution in [0.15, 0.2) is 0 Å². The van der Waals surface area contributed by atoms with E-state index in [-0.39, 0.29) is 0 Å². The average molecular weight is 149 g/mol. The van der Waals surface area contributed by atoms with Gasteiger partial charge in [-0.05, 0) is 13.8 Å². The Balaban J connectivity index is 3.76. The van der Waals surface area contributed by atoms with Crippen LogP contribution in [0.1, 0.15) is 13.8 Å². The van der Waals surface area contributed by atoms with E-state index in [0.29, 0.717) is 0 Å². The molecule has 0 aliphatic heterocycles. The van der Waals surface area contributed by atoms with Crippen LogP contribution in [-0.4, -0.2) is 29.8 Å². The van der Waals surface area contributed by atoms with Crippen molar-refractivity contribution in [1.82, 2.24) is 5.32 Å². The van der Waals surface area contributed by atoms with E-state index in [2.05, 4.69) is 5.32 Å². The largest absolute Gasteiger partial charge is 0.387 e. The van der Waals surface area contributed by atoms with E-state index < -0.39 is 24.7 Å². The van der Waals surface area contributed by atoms with Crippen LogP contribution in [0.3, 0.4) is 0 Å². The van der Waals surface area contributed by atoms with E-state index in [4.69, 9.17) is 5.11 Å². The number of carbonyl (C=O) groups excluding carboxylic acids is 1. The second-order valence-corrected chi connectivity index (χ2v) is 2.72. The predicted molar refractivity (Wildman–Crippen MR) is 35.3 cm³/mol. The van der Waals surface area contributed by atoms with Crippen LogP contribution < -0.4 is 5.32 Å². The van der Waals surface area contributed by atoms with E-state index in [1.54, 1.807) is 13.8 Å². The average Bonchev–Trinajstić information content (AvgIpc) is 1.87. The number of nitrogens with one attached hydrogen (secondary N) is 1. The number of hydrogen-bond donors (Lipinski definition) is 2. The molecule has 0 aliphatic carbocycles. The van der Waals surface area contributed by atoms with Crippen molar-refractivity contribution in [2.45, 2.75) is 19.4 Å². The maximum atomic E-state index is 12.0. The summed E-state index contributed by atoms with van der Waals surface area (Å²) in [5, 5.41) is 10.6. The molecule has 60 valence electrons. The van der Waals surface area contributed by atoms with Crippen LogP contribution in [0, 0.1) is 0 Å². The van der Waals surface area contributed by atoms with Gasteiger partial charge >= 0.3 is 0 Å². The van der Waals surface area contributed by atoms with Gasteiger partial charge < -0.3 is 10.4 Å². The minimum Gasteiger partial charge on any atom is -0.387 e. The zero-order valence-corrected chi connectivity index (χ0v) is 6.15. The van der Waals surface area contributed by atoms with Crippen molar-refractivity contribution >= 4 is 5.91 Å². The first-order valence-electron chi connectivity index (χ1n) is 2.99. The Labute approximate surface area is 59.2 Å². The molecule has 0 atom stereocenters. The van der Waals surface area contributed by atoms with Crippen molar-refractivity contribution in [3.63, 3.8) is 0 Å². The lowest BCUT2D eigenvalue weighted by molar-refractivity contribution is -0.125. The molecule has 0 radical (unpaired) electrons. The number of hydrogen-bond acceptors (Lipinski definition) is 2. The molecule has 0 saturated heterocycles. The highest BCUT2D eigenvalue weighted by Crippen LogP contribution is 2.00. The van der Waals surface area contributed by atoms with Crippen molar-refractivity contribution in [1.29, 1.82) is 0 Å². The molecular weight excluding hydrogens is 137 g/mol. The molecule has 3 nitrogen and oxygen atoms in total. The fourth-order valence-electron chi connectivity index (χ4n) is 0.450. The van der Waals surface area contributed by atoms with Gasteiger partial charge in [0.2, 0.25) is 5.91 Å². The number of aliphatic hydroxyl groups excluding tert-OH is 1. The maximum absolute atomic E-state index is 12.0. The Morgan fingerprint density at radius 2 is 2.20 bits per heavy atom. The molecule has 0 aromatic carbocycles. The minimum absolute atomic E-state index is 0.553. The van der Waals surface area contributed by atoms with Gasteiger partial charge in [0.05, 0.1) is 5.54 Å². The Hall–Kier alpha value is -0.640. The molecule has 2 N–H and O–H groups in total. The lowest BCUT2D eigenvalue weighted by Gasteiger charge is -2.21. The molecule has 0 aromatic heterocycles. The van der Waals surface area contributed by atoms with E-state index in [9.17, 15) is 9.18 Å². The third kappa shape index (κ3) is 3.40. The Bertz CT molecular complexity index is 125. The van der Waals surface area contributed by atoms with Crippen LogP contribution >= 0.6 is 0 Å². The van der Waals surface area contributed by atoms with Gasteiger partial charge in [0.15, 0.2) is 0 Å². The van der Waals surface area contributed by atoms with Gasteiger partial charge in [0.25, 0.3) is 0 Å². The van der Waals surface area contributed by atoms with Gasteiger partial charge in [-0.2, -0.15) is 0 Å². The van der Waals surface area contributed by atoms with Gasteiger partial charge in [-0.1, -0.05) is 0 Å². The van der Waals surface area contributed by atoms with Gasteiger partial charge in [0, 0.05) is 0 Å². The number of halogens is 1. The molecule has 10 heavy (non-hydrogen) atoms. The van der Waals surface area contributed by atoms with Crippen LogP contribution in [0.2, 0.25) is 0 Å². The summed E-state index contributed by atoms with van der Waals surface area (Å²) in [6, 6.07) is 0. The SMILES string of the molecule is CC(C)(CF)NC(=O)CO. The lowest BCUT2D eigenvalue weighted by atomic mass is 10.1. The van der Waals surface area contributed by atoms with E-state index in [1.807, 2.05) is 0 Å². The number of aliphatic hydroxyl groups is 1. The molecule has 0 bridgehead atoms. The molecule has 0 aromatic rings. The normalized spacial score (nSPS) is 11.2. The molecule has 1 amide bonds. The molecule has 0 unspecified atom stereocenters. The second kappa shape index (κ2) is 3.51. The Kier molecular flexibility index (Phi) is 3.28. The summed E-state index contributed by atoms with van der Waals surface area (Å²) in [6.45, 7) is 1.85. The van der Waals surface area contributed by atoms with Crippen LogP contribution in [-0.2, 0) is 4.79 Å². The second-order valence-electron chi connectivity index (χ2n) is 2.72. The molecule has 0 aliphatic rings. The van der Waals surface area contributed by atoms with Crippen molar-refractivity contribution in [3.8, 4) is 0 Å². The fourth-order valence-corrected chi connectivity index (χ4v) is 0.450. The Morgan fingerprint density at radius 3 is 2.50 bits per heavy atom. The highest BCUT2D eigenvalue weighted by atomic mass is 19.1. The standard InChI is InChI=1S/C6H12FNO2/c1-6(2,4-7)8-5(10)3-9/h9H,3-4H2,1-2H3,(H,8,10). The molecular formula is C6H12FNO2. The highest BCUT2D eigenvalue weighted by Gasteiger charge is 2.18. The first-order chi connectivity index (χ1) is 4.52. The minimum atomic E-state index is -0.861. The molecule has 0 fully saturated rings. The predicted octanol–water partition coefficient (Wildman–Crippen LogP) is -0.157. The van der Waals surface area contributed by atoms with Crippen LogP contribution in [0.25, 0.3) is 0 Å². The third-order valence-corrected chi connectivity index (χ3v) is 0.955. The zero-order valence-electron chi connectivity index (χ0n) is 6.15. The molecule has 4 heteroatoms. The summed E-state index contributed by atoms with van der Waals surface area (Å²) in [7, 11) is 0. The zero-order chi connectivity index (χ0) is 8.20. The van der Waals surface area contributed by atoms with E-state index in [0.717, 1.165) is 0 Å². The number of amides is 1. The van der Waals surface area contributed by atoms with Gasteiger partial charge in [-0.3, -0.25) is 4.79 Å². The van der Waals surface area contributed by atoms with E-state index >= 15 is 0 Å². The first-order valence-corrected chi connectivity index (χ1v) is 2.99. The summed E-state index contributed by atoms with van der Waals surface area (Å²) in [4.78, 5) is 10.5. The number of alkyl halides is 1. The van der Waals surface area contributed by atoms with Crippen molar-refractivity contribution < 1.29 is 14.3 Å². The highest BCUT2D eigenvalue weighted by molar-refractivity contribution is 5.77. The van der Waals surface area contributed by atoms with Crippen molar-refractivity contribution in [3.05, 3.63) is 0 Å². The summed E-state index contributed by atoms with van der Waals surface area (Å²) in [5.74, 6) is -0.553. The van der Waals surface area contributed by atoms with Crippen molar-refractivity contribution in [2.75, 3.05) is 13.3 Å². The maximum Gasteiger partial charge on any atom is 0.246 e. The molecule has 0 heterocycles. The number of rotatable bonds is 3. The van der Waals surface area contributed by atoms with E-state index in [1.165, 1.54) is 0 Å². The smallest absolute Gasteiger partial charge is 0.246 e. The summed E-state index contributed by atoms with van der Waals surface area (Å²) in [5.41, 5.74) is -0.861. The molecule has 0 spiro atoms. The van der Waals surface area contributed by atoms with Crippen LogP contribution in [0.4, 0.5) is 4.39 Å². The third-order valence-electron chi connectivity index (χ3n) is 0.955. The first kappa shape index (κ1) is 9.36. The lowest BCUT2D eigenvalue weighted by Crippen LogP contribution is -2.46. The summed E-state index contributed by atoms with van der Waals surface area (Å²) < 4.78 is 12.0. The molecule has 0 saturated carbocycles. The summed E-state index contributed by atoms with van der Waals surface area (Å²) >= 11 is 0. The number of carbonyl (C=O) groups is 1. The monoisotopic (exact) mass is 149 g/mol. The van der Waals surface area contributed by atoms with Gasteiger partial charge in [-0.25, -0.2) is 4.39 Å². The Morgan fingerprint density at radius 1 is 1.70 bits per heavy atom. The van der Waals surface area contributed by atoms with Crippen LogP contribution in [0.5, 0.6) is 0 Å². The quantitative estimate of drug-likeness (QED) is 0.586. The van der Waals surface area contributed by atoms with Crippen molar-refractivity contribution in [2.24, 2.45) is 0 Å². The molecule has 0 rings (SSSR count). The van der Waals surface area contributed by atoms with Gasteiger partial charge in [0.1, 0.15) is 13.3 Å². The van der Waals surface area contributed by atoms with Gasteiger partial charge in [-0.15, -0.1) is 0 Å². The fraction of sp³-hybridized carbons (Fsp3) is 0.833.